The van der Waals surface area contributed by atoms with E-state index in [-0.39, 0.29) is 6.10 Å². The van der Waals surface area contributed by atoms with Crippen molar-refractivity contribution in [2.24, 2.45) is 5.41 Å². The Morgan fingerprint density at radius 1 is 1.38 bits per heavy atom. The number of aliphatic hydroxyl groups is 1. The second kappa shape index (κ2) is 4.97. The van der Waals surface area contributed by atoms with Gasteiger partial charge in [0.05, 0.1) is 6.10 Å². The molecule has 78 valence electrons. The summed E-state index contributed by atoms with van der Waals surface area (Å²) in [6.07, 6.45) is 6.59. The van der Waals surface area contributed by atoms with E-state index < -0.39 is 0 Å². The Labute approximate surface area is 81.7 Å². The molecule has 1 aliphatic rings. The molecule has 0 aromatic rings. The van der Waals surface area contributed by atoms with Crippen LogP contribution in [-0.4, -0.2) is 24.3 Å². The zero-order chi connectivity index (χ0) is 9.73. The van der Waals surface area contributed by atoms with Crippen molar-refractivity contribution in [3.8, 4) is 0 Å². The molecule has 1 aliphatic carbocycles. The Hall–Kier alpha value is -0.0800. The van der Waals surface area contributed by atoms with Crippen LogP contribution in [0.15, 0.2) is 0 Å². The first-order chi connectivity index (χ1) is 6.18. The molecule has 0 heterocycles. The molecule has 1 saturated carbocycles. The van der Waals surface area contributed by atoms with Crippen LogP contribution >= 0.6 is 0 Å². The molecule has 2 heteroatoms. The lowest BCUT2D eigenvalue weighted by atomic mass is 9.83. The first-order valence-electron chi connectivity index (χ1n) is 5.57. The second-order valence-corrected chi connectivity index (χ2v) is 4.54. The minimum atomic E-state index is -0.213. The Bertz CT molecular complexity index is 139. The van der Waals surface area contributed by atoms with Crippen molar-refractivity contribution in [2.75, 3.05) is 13.1 Å². The molecule has 13 heavy (non-hydrogen) atoms. The van der Waals surface area contributed by atoms with Crippen molar-refractivity contribution < 1.29 is 5.11 Å². The van der Waals surface area contributed by atoms with Gasteiger partial charge in [-0.25, -0.2) is 0 Å². The van der Waals surface area contributed by atoms with E-state index in [1.54, 1.807) is 0 Å². The van der Waals surface area contributed by atoms with Crippen molar-refractivity contribution in [2.45, 2.75) is 52.1 Å². The van der Waals surface area contributed by atoms with E-state index in [1.807, 2.05) is 6.92 Å². The molecule has 0 aromatic heterocycles. The molecule has 2 nitrogen and oxygen atoms in total. The third-order valence-electron chi connectivity index (χ3n) is 3.35. The van der Waals surface area contributed by atoms with Crippen LogP contribution < -0.4 is 5.32 Å². The molecule has 0 aromatic carbocycles. The van der Waals surface area contributed by atoms with Crippen LogP contribution in [0, 0.1) is 5.41 Å². The summed E-state index contributed by atoms with van der Waals surface area (Å²) in [5.41, 5.74) is 0.550. The summed E-state index contributed by atoms with van der Waals surface area (Å²) in [4.78, 5) is 0. The molecule has 0 radical (unpaired) electrons. The van der Waals surface area contributed by atoms with Crippen LogP contribution in [-0.2, 0) is 0 Å². The van der Waals surface area contributed by atoms with Crippen LogP contribution in [0.1, 0.15) is 46.0 Å². The van der Waals surface area contributed by atoms with Gasteiger partial charge in [0.15, 0.2) is 0 Å². The molecule has 1 rings (SSSR count). The van der Waals surface area contributed by atoms with E-state index in [2.05, 4.69) is 12.2 Å². The third-order valence-corrected chi connectivity index (χ3v) is 3.35. The van der Waals surface area contributed by atoms with Crippen LogP contribution in [0.2, 0.25) is 0 Å². The summed E-state index contributed by atoms with van der Waals surface area (Å²) in [6.45, 7) is 5.95. The summed E-state index contributed by atoms with van der Waals surface area (Å²) in [6, 6.07) is 0. The molecular weight excluding hydrogens is 162 g/mol. The molecule has 0 saturated heterocycles. The van der Waals surface area contributed by atoms with Gasteiger partial charge in [0.1, 0.15) is 0 Å². The van der Waals surface area contributed by atoms with Crippen molar-refractivity contribution >= 4 is 0 Å². The summed E-state index contributed by atoms with van der Waals surface area (Å²) in [5.74, 6) is 0. The van der Waals surface area contributed by atoms with Gasteiger partial charge in [0.25, 0.3) is 0 Å². The molecule has 0 aliphatic heterocycles. The summed E-state index contributed by atoms with van der Waals surface area (Å²) in [5, 5.41) is 12.5. The maximum atomic E-state index is 9.12. The highest BCUT2D eigenvalue weighted by molar-refractivity contribution is 4.85. The summed E-state index contributed by atoms with van der Waals surface area (Å²) >= 11 is 0. The fourth-order valence-electron chi connectivity index (χ4n) is 2.33. The lowest BCUT2D eigenvalue weighted by Gasteiger charge is -2.28. The minimum absolute atomic E-state index is 0.213. The Morgan fingerprint density at radius 3 is 2.46 bits per heavy atom. The second-order valence-electron chi connectivity index (χ2n) is 4.54. The molecule has 0 bridgehead atoms. The van der Waals surface area contributed by atoms with E-state index in [1.165, 1.54) is 32.1 Å². The minimum Gasteiger partial charge on any atom is -0.392 e. The number of hydrogen-bond acceptors (Lipinski definition) is 2. The Kier molecular flexibility index (Phi) is 4.20. The van der Waals surface area contributed by atoms with Crippen LogP contribution in [0.25, 0.3) is 0 Å². The lowest BCUT2D eigenvalue weighted by molar-refractivity contribution is 0.178. The topological polar surface area (TPSA) is 32.3 Å². The third kappa shape index (κ3) is 3.28. The zero-order valence-corrected chi connectivity index (χ0v) is 8.97. The van der Waals surface area contributed by atoms with Crippen molar-refractivity contribution in [3.05, 3.63) is 0 Å². The van der Waals surface area contributed by atoms with Gasteiger partial charge < -0.3 is 10.4 Å². The van der Waals surface area contributed by atoms with Gasteiger partial charge in [-0.2, -0.15) is 0 Å². The molecule has 0 unspecified atom stereocenters. The van der Waals surface area contributed by atoms with Crippen LogP contribution in [0.5, 0.6) is 0 Å². The number of rotatable bonds is 5. The molecule has 0 spiro atoms. The highest BCUT2D eigenvalue weighted by atomic mass is 16.3. The van der Waals surface area contributed by atoms with Gasteiger partial charge in [-0.3, -0.25) is 0 Å². The maximum Gasteiger partial charge on any atom is 0.0636 e. The predicted molar refractivity (Wildman–Crippen MR) is 55.7 cm³/mol. The van der Waals surface area contributed by atoms with E-state index in [9.17, 15) is 0 Å². The number of hydrogen-bond donors (Lipinski definition) is 2. The highest BCUT2D eigenvalue weighted by Crippen LogP contribution is 2.40. The van der Waals surface area contributed by atoms with E-state index in [0.29, 0.717) is 5.41 Å². The maximum absolute atomic E-state index is 9.12. The lowest BCUT2D eigenvalue weighted by Crippen LogP contribution is -2.35. The number of aliphatic hydroxyl groups excluding tert-OH is 1. The SMILES string of the molecule is CCC1(CNC[C@@H](C)O)CCCC1. The van der Waals surface area contributed by atoms with Crippen molar-refractivity contribution in [3.63, 3.8) is 0 Å². The van der Waals surface area contributed by atoms with E-state index >= 15 is 0 Å². The largest absolute Gasteiger partial charge is 0.392 e. The fraction of sp³-hybridized carbons (Fsp3) is 1.00. The summed E-state index contributed by atoms with van der Waals surface area (Å²) in [7, 11) is 0. The van der Waals surface area contributed by atoms with Gasteiger partial charge >= 0.3 is 0 Å². The van der Waals surface area contributed by atoms with Crippen molar-refractivity contribution in [1.29, 1.82) is 0 Å². The normalized spacial score (nSPS) is 23.3. The molecule has 1 fully saturated rings. The average Bonchev–Trinajstić information content (AvgIpc) is 2.53. The molecule has 1 atom stereocenters. The van der Waals surface area contributed by atoms with Gasteiger partial charge in [-0.05, 0) is 31.6 Å². The smallest absolute Gasteiger partial charge is 0.0636 e. The van der Waals surface area contributed by atoms with Crippen molar-refractivity contribution in [1.82, 2.24) is 5.32 Å². The average molecular weight is 185 g/mol. The van der Waals surface area contributed by atoms with E-state index in [4.69, 9.17) is 5.11 Å². The summed E-state index contributed by atoms with van der Waals surface area (Å²) < 4.78 is 0. The number of nitrogens with one attached hydrogen (secondary N) is 1. The quantitative estimate of drug-likeness (QED) is 0.686. The van der Waals surface area contributed by atoms with Crippen LogP contribution in [0.3, 0.4) is 0 Å². The zero-order valence-electron chi connectivity index (χ0n) is 8.97. The first-order valence-corrected chi connectivity index (χ1v) is 5.57. The predicted octanol–water partition coefficient (Wildman–Crippen LogP) is 1.93. The van der Waals surface area contributed by atoms with E-state index in [0.717, 1.165) is 13.1 Å². The van der Waals surface area contributed by atoms with Gasteiger partial charge in [-0.15, -0.1) is 0 Å². The molecule has 2 N–H and O–H groups in total. The molecular formula is C11H23NO. The first kappa shape index (κ1) is 11.0. The van der Waals surface area contributed by atoms with Gasteiger partial charge in [0, 0.05) is 13.1 Å². The van der Waals surface area contributed by atoms with Crippen LogP contribution in [0.4, 0.5) is 0 Å². The molecule has 0 amide bonds. The highest BCUT2D eigenvalue weighted by Gasteiger charge is 2.31. The van der Waals surface area contributed by atoms with Gasteiger partial charge in [-0.1, -0.05) is 19.8 Å². The monoisotopic (exact) mass is 185 g/mol. The fourth-order valence-corrected chi connectivity index (χ4v) is 2.33. The Morgan fingerprint density at radius 2 is 2.00 bits per heavy atom. The standard InChI is InChI=1S/C11H23NO/c1-3-11(6-4-5-7-11)9-12-8-10(2)13/h10,12-13H,3-9H2,1-2H3/t10-/m1/s1. The Balaban J connectivity index is 2.23. The van der Waals surface area contributed by atoms with Gasteiger partial charge in [0.2, 0.25) is 0 Å².